The Bertz CT molecular complexity index is 620. The minimum Gasteiger partial charge on any atom is -0.346 e. The molecule has 2 heterocycles. The molecule has 3 rings (SSSR count). The van der Waals surface area contributed by atoms with E-state index in [4.69, 9.17) is 0 Å². The second kappa shape index (κ2) is 3.94. The quantitative estimate of drug-likeness (QED) is 0.851. The molecule has 0 saturated heterocycles. The van der Waals surface area contributed by atoms with Crippen molar-refractivity contribution in [2.75, 3.05) is 5.32 Å². The Balaban J connectivity index is 1.93. The van der Waals surface area contributed by atoms with Gasteiger partial charge in [-0.15, -0.1) is 0 Å². The molecule has 0 aliphatic carbocycles. The molecule has 1 aromatic carbocycles. The summed E-state index contributed by atoms with van der Waals surface area (Å²) >= 11 is 0. The van der Waals surface area contributed by atoms with Crippen molar-refractivity contribution < 1.29 is 9.18 Å². The van der Waals surface area contributed by atoms with Gasteiger partial charge in [0, 0.05) is 24.0 Å². The fourth-order valence-electron chi connectivity index (χ4n) is 2.26. The largest absolute Gasteiger partial charge is 0.346 e. The molecule has 0 radical (unpaired) electrons. The lowest BCUT2D eigenvalue weighted by molar-refractivity contribution is -0.117. The molecular weight excluding hydrogens is 233 g/mol. The van der Waals surface area contributed by atoms with Crippen molar-refractivity contribution in [3.05, 3.63) is 47.3 Å². The first-order valence-electron chi connectivity index (χ1n) is 5.74. The molecule has 1 aliphatic rings. The number of anilines is 1. The number of halogens is 1. The normalized spacial score (nSPS) is 17.7. The number of carbonyl (C=O) groups is 1. The van der Waals surface area contributed by atoms with E-state index in [0.29, 0.717) is 17.7 Å². The topological polar surface area (TPSA) is 57.8 Å². The number of aryl methyl sites for hydroxylation is 1. The van der Waals surface area contributed by atoms with Crippen molar-refractivity contribution in [2.45, 2.75) is 19.3 Å². The van der Waals surface area contributed by atoms with Crippen molar-refractivity contribution in [2.24, 2.45) is 0 Å². The summed E-state index contributed by atoms with van der Waals surface area (Å²) in [6.45, 7) is 1.90. The van der Waals surface area contributed by atoms with Crippen LogP contribution in [0.5, 0.6) is 0 Å². The molecule has 1 amide bonds. The van der Waals surface area contributed by atoms with Crippen LogP contribution in [0.4, 0.5) is 10.1 Å². The van der Waals surface area contributed by atoms with Crippen LogP contribution in [-0.2, 0) is 11.2 Å². The third-order valence-electron chi connectivity index (χ3n) is 3.12. The maximum atomic E-state index is 13.2. The Labute approximate surface area is 103 Å². The molecule has 18 heavy (non-hydrogen) atoms. The molecule has 1 unspecified atom stereocenters. The van der Waals surface area contributed by atoms with E-state index >= 15 is 0 Å². The van der Waals surface area contributed by atoms with E-state index in [2.05, 4.69) is 15.3 Å². The fraction of sp³-hybridized carbons (Fsp3) is 0.231. The highest BCUT2D eigenvalue weighted by atomic mass is 19.1. The number of hydrogen-bond donors (Lipinski definition) is 2. The van der Waals surface area contributed by atoms with Gasteiger partial charge in [-0.05, 0) is 30.7 Å². The molecule has 5 heteroatoms. The summed E-state index contributed by atoms with van der Waals surface area (Å²) in [4.78, 5) is 19.1. The number of amides is 1. The minimum atomic E-state index is -0.374. The lowest BCUT2D eigenvalue weighted by atomic mass is 9.97. The smallest absolute Gasteiger partial charge is 0.232 e. The Morgan fingerprint density at radius 2 is 2.28 bits per heavy atom. The van der Waals surface area contributed by atoms with Crippen molar-refractivity contribution in [1.82, 2.24) is 9.97 Å². The predicted octanol–water partition coefficient (Wildman–Crippen LogP) is 2.14. The van der Waals surface area contributed by atoms with Crippen molar-refractivity contribution in [3.8, 4) is 0 Å². The number of hydrogen-bond acceptors (Lipinski definition) is 2. The average Bonchev–Trinajstić information content (AvgIpc) is 2.86. The van der Waals surface area contributed by atoms with Gasteiger partial charge in [0.25, 0.3) is 0 Å². The van der Waals surface area contributed by atoms with Crippen LogP contribution in [0, 0.1) is 12.7 Å². The Morgan fingerprint density at radius 1 is 1.44 bits per heavy atom. The third-order valence-corrected chi connectivity index (χ3v) is 3.12. The van der Waals surface area contributed by atoms with Crippen LogP contribution < -0.4 is 5.32 Å². The van der Waals surface area contributed by atoms with Crippen molar-refractivity contribution in [1.29, 1.82) is 0 Å². The highest BCUT2D eigenvalue weighted by Crippen LogP contribution is 2.34. The summed E-state index contributed by atoms with van der Waals surface area (Å²) in [5.41, 5.74) is 2.34. The third kappa shape index (κ3) is 1.77. The van der Waals surface area contributed by atoms with E-state index in [9.17, 15) is 9.18 Å². The molecule has 92 valence electrons. The monoisotopic (exact) mass is 245 g/mol. The Hall–Kier alpha value is -2.17. The first-order valence-corrected chi connectivity index (χ1v) is 5.74. The summed E-state index contributed by atoms with van der Waals surface area (Å²) in [5, 5.41) is 2.75. The molecule has 2 N–H and O–H groups in total. The number of nitrogens with one attached hydrogen (secondary N) is 2. The van der Waals surface area contributed by atoms with E-state index in [0.717, 1.165) is 11.5 Å². The van der Waals surface area contributed by atoms with Crippen molar-refractivity contribution in [3.63, 3.8) is 0 Å². The molecular formula is C13H12FN3O. The zero-order valence-electron chi connectivity index (χ0n) is 9.83. The molecule has 0 spiro atoms. The van der Waals surface area contributed by atoms with Crippen LogP contribution in [0.15, 0.2) is 24.4 Å². The van der Waals surface area contributed by atoms with Gasteiger partial charge in [0.1, 0.15) is 11.6 Å². The molecule has 4 nitrogen and oxygen atoms in total. The first kappa shape index (κ1) is 11.0. The lowest BCUT2D eigenvalue weighted by Crippen LogP contribution is -2.14. The number of nitrogens with zero attached hydrogens (tertiary/aromatic N) is 1. The van der Waals surface area contributed by atoms with Crippen LogP contribution in [0.1, 0.15) is 23.0 Å². The average molecular weight is 245 g/mol. The molecule has 2 aromatic rings. The van der Waals surface area contributed by atoms with E-state index in [1.807, 2.05) is 6.92 Å². The van der Waals surface area contributed by atoms with Crippen LogP contribution in [-0.4, -0.2) is 15.9 Å². The van der Waals surface area contributed by atoms with E-state index < -0.39 is 0 Å². The van der Waals surface area contributed by atoms with Crippen LogP contribution in [0.3, 0.4) is 0 Å². The van der Waals surface area contributed by atoms with Gasteiger partial charge >= 0.3 is 0 Å². The van der Waals surface area contributed by atoms with Crippen molar-refractivity contribution >= 4 is 11.6 Å². The standard InChI is InChI=1S/C13H12FN3O/c1-7-6-15-12(16-7)5-10-9-4-8(14)2-3-11(9)17-13(10)18/h2-4,6,10H,5H2,1H3,(H,15,16)(H,17,18). The van der Waals surface area contributed by atoms with Crippen LogP contribution in [0.25, 0.3) is 0 Å². The SMILES string of the molecule is Cc1cnc(CC2C(=O)Nc3ccc(F)cc32)[nH]1. The van der Waals surface area contributed by atoms with Gasteiger partial charge in [-0.3, -0.25) is 4.79 Å². The molecule has 0 saturated carbocycles. The molecule has 1 aromatic heterocycles. The van der Waals surface area contributed by atoms with Gasteiger partial charge < -0.3 is 10.3 Å². The minimum absolute atomic E-state index is 0.107. The number of fused-ring (bicyclic) bond motifs is 1. The number of imidazole rings is 1. The number of H-pyrrole nitrogens is 1. The highest BCUT2D eigenvalue weighted by molar-refractivity contribution is 6.02. The lowest BCUT2D eigenvalue weighted by Gasteiger charge is -2.06. The van der Waals surface area contributed by atoms with Gasteiger partial charge in [-0.25, -0.2) is 9.37 Å². The number of aromatic nitrogens is 2. The van der Waals surface area contributed by atoms with E-state index in [1.54, 1.807) is 12.3 Å². The summed E-state index contributed by atoms with van der Waals surface area (Å²) in [7, 11) is 0. The maximum Gasteiger partial charge on any atom is 0.232 e. The number of aromatic amines is 1. The Kier molecular flexibility index (Phi) is 2.40. The molecule has 1 aliphatic heterocycles. The summed E-state index contributed by atoms with van der Waals surface area (Å²) < 4.78 is 13.2. The first-order chi connectivity index (χ1) is 8.63. The molecule has 1 atom stereocenters. The fourth-order valence-corrected chi connectivity index (χ4v) is 2.26. The second-order valence-corrected chi connectivity index (χ2v) is 4.49. The van der Waals surface area contributed by atoms with E-state index in [1.165, 1.54) is 12.1 Å². The predicted molar refractivity (Wildman–Crippen MR) is 64.8 cm³/mol. The van der Waals surface area contributed by atoms with Gasteiger partial charge in [0.15, 0.2) is 0 Å². The molecule has 0 bridgehead atoms. The van der Waals surface area contributed by atoms with E-state index in [-0.39, 0.29) is 17.6 Å². The summed E-state index contributed by atoms with van der Waals surface area (Å²) in [5.74, 6) is -0.0680. The zero-order chi connectivity index (χ0) is 12.7. The zero-order valence-corrected chi connectivity index (χ0v) is 9.83. The number of rotatable bonds is 2. The van der Waals surface area contributed by atoms with Gasteiger partial charge in [0.05, 0.1) is 5.92 Å². The van der Waals surface area contributed by atoms with Crippen LogP contribution in [0.2, 0.25) is 0 Å². The van der Waals surface area contributed by atoms with Gasteiger partial charge in [-0.1, -0.05) is 0 Å². The Morgan fingerprint density at radius 3 is 3.00 bits per heavy atom. The summed E-state index contributed by atoms with van der Waals surface area (Å²) in [6.07, 6.45) is 2.17. The number of carbonyl (C=O) groups excluding carboxylic acids is 1. The summed E-state index contributed by atoms with van der Waals surface area (Å²) in [6, 6.07) is 4.35. The van der Waals surface area contributed by atoms with Gasteiger partial charge in [-0.2, -0.15) is 0 Å². The highest BCUT2D eigenvalue weighted by Gasteiger charge is 2.31. The number of benzene rings is 1. The second-order valence-electron chi connectivity index (χ2n) is 4.49. The van der Waals surface area contributed by atoms with Crippen LogP contribution >= 0.6 is 0 Å². The molecule has 0 fully saturated rings. The van der Waals surface area contributed by atoms with Gasteiger partial charge in [0.2, 0.25) is 5.91 Å². The maximum absolute atomic E-state index is 13.2.